The summed E-state index contributed by atoms with van der Waals surface area (Å²) in [4.78, 5) is 9.63. The van der Waals surface area contributed by atoms with Crippen molar-refractivity contribution in [2.75, 3.05) is 19.8 Å². The van der Waals surface area contributed by atoms with Gasteiger partial charge in [0.2, 0.25) is 0 Å². The number of ether oxygens (including phenoxy) is 3. The Bertz CT molecular complexity index is 1390. The van der Waals surface area contributed by atoms with E-state index in [9.17, 15) is 0 Å². The monoisotopic (exact) mass is 528 g/mol. The Morgan fingerprint density at radius 1 is 0.500 bits per heavy atom. The fraction of sp³-hybridized carbons (Fsp3) is 0.0857. The summed E-state index contributed by atoms with van der Waals surface area (Å²) < 4.78 is 16.8. The van der Waals surface area contributed by atoms with Gasteiger partial charge < -0.3 is 14.2 Å². The molecule has 4 aromatic rings. The van der Waals surface area contributed by atoms with Crippen molar-refractivity contribution in [2.24, 2.45) is 0 Å². The molecular weight excluding hydrogens is 496 g/mol. The second-order valence-electron chi connectivity index (χ2n) is 8.67. The van der Waals surface area contributed by atoms with Gasteiger partial charge in [0.1, 0.15) is 37.1 Å². The molecule has 0 atom stereocenters. The van der Waals surface area contributed by atoms with E-state index >= 15 is 0 Å². The van der Waals surface area contributed by atoms with Gasteiger partial charge in [0.25, 0.3) is 0 Å². The van der Waals surface area contributed by atoms with Crippen molar-refractivity contribution >= 4 is 24.3 Å². The molecule has 0 N–H and O–H groups in total. The van der Waals surface area contributed by atoms with Gasteiger partial charge in [-0.15, -0.1) is 0 Å². The van der Waals surface area contributed by atoms with Gasteiger partial charge in [-0.1, -0.05) is 74.4 Å². The number of nitrogens with zero attached hydrogens (tertiary/aromatic N) is 2. The van der Waals surface area contributed by atoms with Crippen LogP contribution < -0.4 is 14.2 Å². The van der Waals surface area contributed by atoms with Crippen molar-refractivity contribution in [3.05, 3.63) is 139 Å². The van der Waals surface area contributed by atoms with Crippen LogP contribution in [0, 0.1) is 0 Å². The molecule has 0 fully saturated rings. The maximum atomic E-state index is 5.62. The third kappa shape index (κ3) is 8.43. The predicted octanol–water partition coefficient (Wildman–Crippen LogP) is 8.18. The molecule has 1 heterocycles. The summed E-state index contributed by atoms with van der Waals surface area (Å²) in [7, 11) is 0. The highest BCUT2D eigenvalue weighted by molar-refractivity contribution is 5.74. The Morgan fingerprint density at radius 2 is 0.875 bits per heavy atom. The van der Waals surface area contributed by atoms with Gasteiger partial charge in [-0.3, -0.25) is 0 Å². The van der Waals surface area contributed by atoms with Crippen LogP contribution in [0.1, 0.15) is 22.5 Å². The van der Waals surface area contributed by atoms with E-state index in [2.05, 4.69) is 19.7 Å². The van der Waals surface area contributed by atoms with E-state index in [1.807, 2.05) is 103 Å². The van der Waals surface area contributed by atoms with E-state index in [1.54, 1.807) is 18.2 Å². The highest BCUT2D eigenvalue weighted by Crippen LogP contribution is 2.22. The lowest BCUT2D eigenvalue weighted by atomic mass is 10.1. The van der Waals surface area contributed by atoms with Crippen LogP contribution in [0.5, 0.6) is 17.2 Å². The van der Waals surface area contributed by atoms with Crippen molar-refractivity contribution in [2.45, 2.75) is 0 Å². The maximum absolute atomic E-state index is 5.62. The molecule has 3 aromatic carbocycles. The predicted molar refractivity (Wildman–Crippen MR) is 165 cm³/mol. The lowest BCUT2D eigenvalue weighted by molar-refractivity contribution is 0.363. The minimum atomic E-state index is 0.452. The molecule has 0 saturated heterocycles. The molecule has 0 spiro atoms. The summed E-state index contributed by atoms with van der Waals surface area (Å²) in [6.45, 7) is 12.5. The number of hydrogen-bond acceptors (Lipinski definition) is 5. The van der Waals surface area contributed by atoms with Gasteiger partial charge >= 0.3 is 0 Å². The minimum Gasteiger partial charge on any atom is -0.490 e. The van der Waals surface area contributed by atoms with Crippen molar-refractivity contribution in [1.29, 1.82) is 0 Å². The minimum absolute atomic E-state index is 0.452. The van der Waals surface area contributed by atoms with Crippen molar-refractivity contribution in [1.82, 2.24) is 9.97 Å². The Labute approximate surface area is 236 Å². The molecule has 0 unspecified atom stereocenters. The van der Waals surface area contributed by atoms with Gasteiger partial charge in [0.05, 0.1) is 11.4 Å². The number of hydrogen-bond donors (Lipinski definition) is 0. The summed E-state index contributed by atoms with van der Waals surface area (Å²) in [5.74, 6) is 2.99. The van der Waals surface area contributed by atoms with Crippen LogP contribution in [0.25, 0.3) is 35.7 Å². The molecule has 5 nitrogen and oxygen atoms in total. The Kier molecular flexibility index (Phi) is 10.2. The zero-order chi connectivity index (χ0) is 28.0. The Morgan fingerprint density at radius 3 is 1.25 bits per heavy atom. The Balaban J connectivity index is 1.60. The second-order valence-corrected chi connectivity index (χ2v) is 8.67. The number of benzene rings is 3. The van der Waals surface area contributed by atoms with Crippen LogP contribution in [-0.2, 0) is 0 Å². The summed E-state index contributed by atoms with van der Waals surface area (Å²) in [5, 5.41) is 0. The zero-order valence-corrected chi connectivity index (χ0v) is 22.4. The quantitative estimate of drug-likeness (QED) is 0.155. The van der Waals surface area contributed by atoms with Crippen LogP contribution in [0.15, 0.2) is 117 Å². The highest BCUT2D eigenvalue weighted by atomic mass is 16.5. The highest BCUT2D eigenvalue weighted by Gasteiger charge is 2.06. The molecule has 0 saturated carbocycles. The lowest BCUT2D eigenvalue weighted by Crippen LogP contribution is -1.96. The first-order valence-electron chi connectivity index (χ1n) is 12.9. The standard InChI is InChI=1S/C35H32N2O3/c1-4-23-38-32-17-9-27(10-18-32)7-15-30-26-31(16-8-28-11-19-33(20-12-28)39-24-5-2)37-35(36-30)29-13-21-34(22-14-29)40-25-6-3/h4-22,26H,1-3,23-25H2/b15-7-,16-8+. The Hall–Kier alpha value is -5.16. The van der Waals surface area contributed by atoms with E-state index in [0.29, 0.717) is 25.6 Å². The smallest absolute Gasteiger partial charge is 0.160 e. The normalized spacial score (nSPS) is 10.9. The summed E-state index contributed by atoms with van der Waals surface area (Å²) in [6, 6.07) is 25.4. The molecule has 0 aliphatic carbocycles. The summed E-state index contributed by atoms with van der Waals surface area (Å²) in [6.07, 6.45) is 13.2. The van der Waals surface area contributed by atoms with Crippen molar-refractivity contribution < 1.29 is 14.2 Å². The average molecular weight is 529 g/mol. The number of aromatic nitrogens is 2. The fourth-order valence-corrected chi connectivity index (χ4v) is 3.66. The first-order valence-corrected chi connectivity index (χ1v) is 12.9. The van der Waals surface area contributed by atoms with E-state index in [1.165, 1.54) is 0 Å². The van der Waals surface area contributed by atoms with Gasteiger partial charge in [-0.05, 0) is 77.9 Å². The van der Waals surface area contributed by atoms with Crippen LogP contribution in [0.2, 0.25) is 0 Å². The van der Waals surface area contributed by atoms with Crippen LogP contribution >= 0.6 is 0 Å². The van der Waals surface area contributed by atoms with Crippen molar-refractivity contribution in [3.63, 3.8) is 0 Å². The molecule has 200 valence electrons. The van der Waals surface area contributed by atoms with E-state index in [0.717, 1.165) is 45.3 Å². The molecule has 0 aliphatic heterocycles. The third-order valence-electron chi connectivity index (χ3n) is 5.64. The zero-order valence-electron chi connectivity index (χ0n) is 22.4. The van der Waals surface area contributed by atoms with Gasteiger partial charge in [-0.2, -0.15) is 0 Å². The molecule has 0 aliphatic rings. The molecule has 40 heavy (non-hydrogen) atoms. The van der Waals surface area contributed by atoms with Gasteiger partial charge in [-0.25, -0.2) is 9.97 Å². The maximum Gasteiger partial charge on any atom is 0.160 e. The molecule has 0 amide bonds. The largest absolute Gasteiger partial charge is 0.490 e. The average Bonchev–Trinajstić information content (AvgIpc) is 3.01. The SMILES string of the molecule is C=CCOc1ccc(/C=C\c2cc(/C=C/c3ccc(OCC=C)cc3)nc(-c3ccc(OCC=C)cc3)n2)cc1. The van der Waals surface area contributed by atoms with Crippen LogP contribution in [0.3, 0.4) is 0 Å². The molecular formula is C35H32N2O3. The molecule has 1 aromatic heterocycles. The fourth-order valence-electron chi connectivity index (χ4n) is 3.66. The number of rotatable bonds is 14. The van der Waals surface area contributed by atoms with Crippen LogP contribution in [0.4, 0.5) is 0 Å². The van der Waals surface area contributed by atoms with Crippen LogP contribution in [-0.4, -0.2) is 29.8 Å². The second kappa shape index (κ2) is 14.7. The van der Waals surface area contributed by atoms with Gasteiger partial charge in [0, 0.05) is 5.56 Å². The van der Waals surface area contributed by atoms with E-state index < -0.39 is 0 Å². The lowest BCUT2D eigenvalue weighted by Gasteiger charge is -2.07. The molecule has 5 heteroatoms. The van der Waals surface area contributed by atoms with E-state index in [-0.39, 0.29) is 0 Å². The molecule has 0 bridgehead atoms. The van der Waals surface area contributed by atoms with E-state index in [4.69, 9.17) is 24.2 Å². The molecule has 0 radical (unpaired) electrons. The van der Waals surface area contributed by atoms with Crippen molar-refractivity contribution in [3.8, 4) is 28.6 Å². The molecule has 4 rings (SSSR count). The third-order valence-corrected chi connectivity index (χ3v) is 5.64. The summed E-state index contributed by atoms with van der Waals surface area (Å²) in [5.41, 5.74) is 4.54. The first kappa shape index (κ1) is 27.9. The first-order chi connectivity index (χ1) is 19.7. The van der Waals surface area contributed by atoms with Gasteiger partial charge in [0.15, 0.2) is 5.82 Å². The summed E-state index contributed by atoms with van der Waals surface area (Å²) >= 11 is 0. The topological polar surface area (TPSA) is 53.5 Å².